The third kappa shape index (κ3) is 29.5. The number of benzene rings is 7. The van der Waals surface area contributed by atoms with Crippen LogP contribution in [-0.4, -0.2) is 19.8 Å². The van der Waals surface area contributed by atoms with Crippen LogP contribution in [0.4, 0.5) is 0 Å². The second kappa shape index (κ2) is 46.4. The molecule has 0 aliphatic rings. The van der Waals surface area contributed by atoms with Crippen LogP contribution >= 0.6 is 0 Å². The number of hydrogen-bond acceptors (Lipinski definition) is 3. The maximum Gasteiger partial charge on any atom is 0.119 e. The zero-order chi connectivity index (χ0) is 64.7. The van der Waals surface area contributed by atoms with Gasteiger partial charge in [0.15, 0.2) is 0 Å². The van der Waals surface area contributed by atoms with Gasteiger partial charge in [-0.1, -0.05) is 394 Å². The van der Waals surface area contributed by atoms with Crippen molar-refractivity contribution in [3.63, 3.8) is 0 Å². The van der Waals surface area contributed by atoms with Crippen molar-refractivity contribution in [2.75, 3.05) is 19.8 Å². The summed E-state index contributed by atoms with van der Waals surface area (Å²) in [6, 6.07) is 58.0. The molecule has 7 aromatic carbocycles. The molecule has 0 atom stereocenters. The third-order valence-corrected chi connectivity index (χ3v) is 17.7. The first-order valence-electron chi connectivity index (χ1n) is 36.8. The van der Waals surface area contributed by atoms with Gasteiger partial charge >= 0.3 is 0 Å². The standard InChI is InChI=1S/C90H114O3/c1-4-7-10-13-16-19-22-25-28-40-73-91-82-61-49-79(50-62-82)58-70-88-85(67-55-76-43-34-31-35-44-76)89(71-59-80-51-63-83(64-52-80)92-74-41-29-26-23-20-17-14-11-8-5-2)87(69-57-78-47-38-33-39-48-78)90(86(88)68-56-77-45-36-32-37-46-77)72-60-81-53-65-84(66-54-81)93-75-42-30-27-24-21-18-15-12-9-6-3/h31-39,43-72H,4-30,40-42,73-75H2,1-3H3/b67-55+,68-56+,69-57+,70-58+,71-59+,72-60+. The van der Waals surface area contributed by atoms with E-state index in [1.807, 2.05) is 0 Å². The average Bonchev–Trinajstić information content (AvgIpc) is 0.782. The number of rotatable bonds is 48. The molecule has 0 aliphatic heterocycles. The molecular weight excluding hydrogens is 1130 g/mol. The Kier molecular flexibility index (Phi) is 36.4. The molecule has 0 radical (unpaired) electrons. The molecule has 0 N–H and O–H groups in total. The highest BCUT2D eigenvalue weighted by Gasteiger charge is 2.18. The van der Waals surface area contributed by atoms with Crippen LogP contribution in [0.1, 0.15) is 280 Å². The van der Waals surface area contributed by atoms with Gasteiger partial charge in [0.1, 0.15) is 17.2 Å². The summed E-state index contributed by atoms with van der Waals surface area (Å²) < 4.78 is 19.0. The van der Waals surface area contributed by atoms with Crippen LogP contribution < -0.4 is 14.2 Å². The van der Waals surface area contributed by atoms with Crippen LogP contribution in [0, 0.1) is 0 Å². The largest absolute Gasteiger partial charge is 0.494 e. The van der Waals surface area contributed by atoms with Gasteiger partial charge in [-0.05, 0) is 122 Å². The van der Waals surface area contributed by atoms with Crippen LogP contribution in [0.2, 0.25) is 0 Å². The molecule has 3 nitrogen and oxygen atoms in total. The van der Waals surface area contributed by atoms with E-state index < -0.39 is 0 Å². The van der Waals surface area contributed by atoms with Crippen molar-refractivity contribution in [3.8, 4) is 17.2 Å². The average molecular weight is 1240 g/mol. The second-order valence-electron chi connectivity index (χ2n) is 25.5. The van der Waals surface area contributed by atoms with Gasteiger partial charge in [-0.25, -0.2) is 0 Å². The minimum Gasteiger partial charge on any atom is -0.494 e. The molecule has 0 saturated heterocycles. The summed E-state index contributed by atoms with van der Waals surface area (Å²) >= 11 is 0. The first-order chi connectivity index (χ1) is 46.1. The summed E-state index contributed by atoms with van der Waals surface area (Å²) in [7, 11) is 0. The van der Waals surface area contributed by atoms with E-state index in [0.717, 1.165) is 123 Å². The minimum absolute atomic E-state index is 0.742. The van der Waals surface area contributed by atoms with E-state index in [0.29, 0.717) is 0 Å². The number of unbranched alkanes of at least 4 members (excludes halogenated alkanes) is 27. The van der Waals surface area contributed by atoms with E-state index in [1.54, 1.807) is 0 Å². The molecule has 0 heterocycles. The molecule has 0 fully saturated rings. The highest BCUT2D eigenvalue weighted by atomic mass is 16.5. The summed E-state index contributed by atoms with van der Waals surface area (Å²) in [6.07, 6.45) is 66.8. The van der Waals surface area contributed by atoms with Crippen LogP contribution in [-0.2, 0) is 0 Å². The second-order valence-corrected chi connectivity index (χ2v) is 25.5. The SMILES string of the molecule is CCCCCCCCCCCCOc1ccc(/C=C/c2c(/C=C/c3ccccc3)c(/C=C/c3ccc(OCCCCCCCCCCCC)cc3)c(/C=C/c3ccccc3)c(/C=C/c3ccc(OCCCCCCCCCCCC)cc3)c2/C=C/c2ccccc2)cc1. The monoisotopic (exact) mass is 1240 g/mol. The first kappa shape index (κ1) is 72.8. The summed E-state index contributed by atoms with van der Waals surface area (Å²) in [5, 5.41) is 0. The summed E-state index contributed by atoms with van der Waals surface area (Å²) in [6.45, 7) is 9.10. The summed E-state index contributed by atoms with van der Waals surface area (Å²) in [5.41, 5.74) is 13.4. The Morgan fingerprint density at radius 1 is 0.183 bits per heavy atom. The van der Waals surface area contributed by atoms with Crippen molar-refractivity contribution in [1.82, 2.24) is 0 Å². The van der Waals surface area contributed by atoms with Crippen molar-refractivity contribution >= 4 is 72.9 Å². The van der Waals surface area contributed by atoms with Crippen LogP contribution in [0.25, 0.3) is 72.9 Å². The molecule has 0 aliphatic carbocycles. The Morgan fingerprint density at radius 3 is 0.548 bits per heavy atom. The Morgan fingerprint density at radius 2 is 0.355 bits per heavy atom. The fourth-order valence-corrected chi connectivity index (χ4v) is 12.1. The van der Waals surface area contributed by atoms with Crippen LogP contribution in [0.5, 0.6) is 17.2 Å². The van der Waals surface area contributed by atoms with Gasteiger partial charge in [0, 0.05) is 0 Å². The molecule has 0 saturated carbocycles. The fourth-order valence-electron chi connectivity index (χ4n) is 12.1. The van der Waals surface area contributed by atoms with Crippen molar-refractivity contribution in [3.05, 3.63) is 231 Å². The van der Waals surface area contributed by atoms with Gasteiger partial charge in [-0.2, -0.15) is 0 Å². The lowest BCUT2D eigenvalue weighted by molar-refractivity contribution is 0.304. The smallest absolute Gasteiger partial charge is 0.119 e. The van der Waals surface area contributed by atoms with Crippen molar-refractivity contribution < 1.29 is 14.2 Å². The lowest BCUT2D eigenvalue weighted by Crippen LogP contribution is -2.01. The van der Waals surface area contributed by atoms with E-state index in [-0.39, 0.29) is 0 Å². The predicted molar refractivity (Wildman–Crippen MR) is 411 cm³/mol. The van der Waals surface area contributed by atoms with Crippen LogP contribution in [0.3, 0.4) is 0 Å². The lowest BCUT2D eigenvalue weighted by Gasteiger charge is -2.20. The van der Waals surface area contributed by atoms with Gasteiger partial charge in [0.2, 0.25) is 0 Å². The molecule has 0 spiro atoms. The molecule has 0 amide bonds. The van der Waals surface area contributed by atoms with Gasteiger partial charge in [0.25, 0.3) is 0 Å². The van der Waals surface area contributed by atoms with Gasteiger partial charge in [0.05, 0.1) is 19.8 Å². The minimum atomic E-state index is 0.742. The molecule has 3 heteroatoms. The van der Waals surface area contributed by atoms with Crippen molar-refractivity contribution in [2.45, 2.75) is 213 Å². The zero-order valence-electron chi connectivity index (χ0n) is 57.6. The molecule has 0 unspecified atom stereocenters. The molecular formula is C90H114O3. The third-order valence-electron chi connectivity index (χ3n) is 17.7. The van der Waals surface area contributed by atoms with E-state index in [1.165, 1.54) is 173 Å². The quantitative estimate of drug-likeness (QED) is 0.0281. The van der Waals surface area contributed by atoms with E-state index in [4.69, 9.17) is 14.2 Å². The highest BCUT2D eigenvalue weighted by Crippen LogP contribution is 2.38. The normalized spacial score (nSPS) is 11.9. The van der Waals surface area contributed by atoms with E-state index in [2.05, 4.69) is 257 Å². The molecule has 0 aromatic heterocycles. The highest BCUT2D eigenvalue weighted by molar-refractivity contribution is 5.99. The van der Waals surface area contributed by atoms with Crippen molar-refractivity contribution in [1.29, 1.82) is 0 Å². The Hall–Kier alpha value is -7.62. The maximum atomic E-state index is 6.34. The van der Waals surface area contributed by atoms with Gasteiger partial charge in [-0.15, -0.1) is 0 Å². The molecule has 7 aromatic rings. The molecule has 93 heavy (non-hydrogen) atoms. The van der Waals surface area contributed by atoms with Gasteiger partial charge in [-0.3, -0.25) is 0 Å². The lowest BCUT2D eigenvalue weighted by atomic mass is 9.84. The molecule has 492 valence electrons. The first-order valence-corrected chi connectivity index (χ1v) is 36.8. The van der Waals surface area contributed by atoms with Crippen molar-refractivity contribution in [2.24, 2.45) is 0 Å². The van der Waals surface area contributed by atoms with Gasteiger partial charge < -0.3 is 14.2 Å². The zero-order valence-corrected chi connectivity index (χ0v) is 57.6. The Balaban J connectivity index is 1.24. The maximum absolute atomic E-state index is 6.34. The fraction of sp³-hybridized carbons (Fsp3) is 0.400. The summed E-state index contributed by atoms with van der Waals surface area (Å²) in [5.74, 6) is 2.74. The predicted octanol–water partition coefficient (Wildman–Crippen LogP) is 27.6. The van der Waals surface area contributed by atoms with E-state index >= 15 is 0 Å². The Labute approximate surface area is 564 Å². The topological polar surface area (TPSA) is 27.7 Å². The Bertz CT molecular complexity index is 2860. The molecule has 0 bridgehead atoms. The summed E-state index contributed by atoms with van der Waals surface area (Å²) in [4.78, 5) is 0. The molecule has 7 rings (SSSR count). The van der Waals surface area contributed by atoms with E-state index in [9.17, 15) is 0 Å². The number of hydrogen-bond donors (Lipinski definition) is 0. The number of ether oxygens (including phenoxy) is 3. The van der Waals surface area contributed by atoms with Crippen LogP contribution in [0.15, 0.2) is 164 Å².